The van der Waals surface area contributed by atoms with Crippen LogP contribution < -0.4 is 25.3 Å². The summed E-state index contributed by atoms with van der Waals surface area (Å²) in [6, 6.07) is 74.9. The lowest BCUT2D eigenvalue weighted by atomic mass is 9.66. The molecule has 9 aromatic carbocycles. The van der Waals surface area contributed by atoms with Gasteiger partial charge in [0.1, 0.15) is 25.4 Å². The fraction of sp³-hybridized carbons (Fsp3) is 0.253. The summed E-state index contributed by atoms with van der Waals surface area (Å²) in [5.74, 6) is 2.41. The number of anilines is 4. The number of nitrogens with one attached hydrogen (secondary N) is 1. The summed E-state index contributed by atoms with van der Waals surface area (Å²) < 4.78 is 9.70. The number of para-hydroxylation sites is 2. The van der Waals surface area contributed by atoms with Crippen LogP contribution in [0.25, 0.3) is 49.9 Å². The second kappa shape index (κ2) is 19.8. The highest BCUT2D eigenvalue weighted by Crippen LogP contribution is 2.59. The molecular weight excluding hydrogens is 1050 g/mol. The molecule has 3 heterocycles. The van der Waals surface area contributed by atoms with Gasteiger partial charge in [-0.25, -0.2) is 4.98 Å². The first kappa shape index (κ1) is 55.7. The van der Waals surface area contributed by atoms with Crippen molar-refractivity contribution in [2.75, 3.05) is 17.3 Å². The first-order valence-electron chi connectivity index (χ1n) is 30.4. The normalized spacial score (nSPS) is 14.2. The minimum Gasteiger partial charge on any atom is -0.457 e. The van der Waals surface area contributed by atoms with Gasteiger partial charge in [0.05, 0.1) is 33.5 Å². The largest absolute Gasteiger partial charge is 0.457 e. The molecule has 6 heteroatoms. The van der Waals surface area contributed by atoms with Crippen LogP contribution in [-0.4, -0.2) is 24.7 Å². The minimum atomic E-state index is -2.13. The molecule has 0 saturated carbocycles. The number of hydrogen-bond donors (Lipinski definition) is 1. The van der Waals surface area contributed by atoms with E-state index in [1.54, 1.807) is 0 Å². The smallest absolute Gasteiger partial charge is 0.137 e. The number of rotatable bonds is 9. The Morgan fingerprint density at radius 1 is 0.459 bits per heavy atom. The quantitative estimate of drug-likeness (QED) is 0.146. The average molecular weight is 1130 g/mol. The van der Waals surface area contributed by atoms with Gasteiger partial charge < -0.3 is 15.0 Å². The van der Waals surface area contributed by atoms with Crippen LogP contribution in [0.1, 0.15) is 128 Å². The summed E-state index contributed by atoms with van der Waals surface area (Å²) in [6.45, 7) is 32.8. The van der Waals surface area contributed by atoms with Gasteiger partial charge in [-0.05, 0) is 148 Å². The Labute approximate surface area is 505 Å². The van der Waals surface area contributed by atoms with Crippen LogP contribution in [0, 0.1) is 0 Å². The van der Waals surface area contributed by atoms with Crippen LogP contribution in [-0.2, 0) is 27.1 Å². The van der Waals surface area contributed by atoms with E-state index in [0.29, 0.717) is 0 Å². The highest BCUT2D eigenvalue weighted by molar-refractivity contribution is 7.01. The molecule has 5 nitrogen and oxygen atoms in total. The van der Waals surface area contributed by atoms with Crippen molar-refractivity contribution in [1.29, 1.82) is 0 Å². The highest BCUT2D eigenvalue weighted by atomic mass is 28.3. The number of fused-ring (bicyclic) bond motifs is 6. The zero-order valence-electron chi connectivity index (χ0n) is 52.4. The third-order valence-corrected chi connectivity index (χ3v) is 22.1. The molecule has 13 rings (SSSR count). The lowest BCUT2D eigenvalue weighted by molar-refractivity contribution is 0.482. The second-order valence-electron chi connectivity index (χ2n) is 28.7. The van der Waals surface area contributed by atoms with Crippen LogP contribution in [0.4, 0.5) is 22.7 Å². The van der Waals surface area contributed by atoms with Crippen molar-refractivity contribution in [1.82, 2.24) is 9.55 Å². The summed E-state index contributed by atoms with van der Waals surface area (Å²) in [5.41, 5.74) is 20.8. The minimum absolute atomic E-state index is 0.0563. The fourth-order valence-electron chi connectivity index (χ4n) is 13.9. The van der Waals surface area contributed by atoms with Crippen LogP contribution in [0.2, 0.25) is 13.1 Å². The maximum atomic E-state index is 7.32. The molecule has 0 fully saturated rings. The van der Waals surface area contributed by atoms with E-state index in [0.717, 1.165) is 51.1 Å². The van der Waals surface area contributed by atoms with Crippen LogP contribution in [0.3, 0.4) is 0 Å². The Bertz CT molecular complexity index is 4380. The van der Waals surface area contributed by atoms with Gasteiger partial charge in [0, 0.05) is 53.0 Å². The number of nitrogens with zero attached hydrogens (tertiary/aromatic N) is 3. The van der Waals surface area contributed by atoms with E-state index < -0.39 is 13.5 Å². The summed E-state index contributed by atoms with van der Waals surface area (Å²) >= 11 is 0. The predicted molar refractivity (Wildman–Crippen MR) is 364 cm³/mol. The van der Waals surface area contributed by atoms with E-state index in [1.807, 2.05) is 6.20 Å². The second-order valence-corrected chi connectivity index (χ2v) is 33.0. The van der Waals surface area contributed by atoms with Crippen molar-refractivity contribution in [3.8, 4) is 39.6 Å². The number of pyridine rings is 1. The summed E-state index contributed by atoms with van der Waals surface area (Å²) in [7, 11) is 0.107. The Kier molecular flexibility index (Phi) is 13.0. The third kappa shape index (κ3) is 9.22. The number of aromatic nitrogens is 2. The van der Waals surface area contributed by atoms with Crippen LogP contribution in [0.15, 0.2) is 206 Å². The molecule has 2 aromatic heterocycles. The van der Waals surface area contributed by atoms with Gasteiger partial charge in [-0.3, -0.25) is 4.57 Å². The van der Waals surface area contributed by atoms with Gasteiger partial charge in [-0.1, -0.05) is 224 Å². The first-order valence-corrected chi connectivity index (χ1v) is 33.4. The molecule has 0 radical (unpaired) electrons. The standard InChI is InChI=1S/C79H80N4OSi/c1-75(2,3)52-39-40-80-71(46-52)83-67-36-26-33-63-72(67)73-64(79(63)61-31-19-23-37-69(61)85(14,15)70-38-24-20-32-62(70)79)48-58(49-68(73)83)84-57-30-25-29-56(47-57)81-65-34-21-22-35-66(65)82(13)74-59(50-27-17-16-18-28-50)44-55(78(10,11)12)45-60(74)51-41-53(76(4,5)6)43-54(42-51)77(7,8)9/h16-49,81H,1-15H3. The molecule has 1 spiro atoms. The molecule has 0 atom stereocenters. The zero-order valence-corrected chi connectivity index (χ0v) is 53.4. The van der Waals surface area contributed by atoms with Crippen LogP contribution in [0.5, 0.6) is 11.5 Å². The highest BCUT2D eigenvalue weighted by Gasteiger charge is 2.54. The predicted octanol–water partition coefficient (Wildman–Crippen LogP) is 19.8. The van der Waals surface area contributed by atoms with E-state index in [-0.39, 0.29) is 21.7 Å². The Hall–Kier alpha value is -8.45. The zero-order chi connectivity index (χ0) is 59.8. The molecule has 2 aliphatic rings. The molecular formula is C79H80N4OSi. The third-order valence-electron chi connectivity index (χ3n) is 18.5. The van der Waals surface area contributed by atoms with Gasteiger partial charge in [-0.2, -0.15) is 0 Å². The molecule has 0 unspecified atom stereocenters. The Morgan fingerprint density at radius 3 is 1.66 bits per heavy atom. The summed E-state index contributed by atoms with van der Waals surface area (Å²) in [5, 5.41) is 9.42. The summed E-state index contributed by atoms with van der Waals surface area (Å²) in [6.07, 6.45) is 1.97. The van der Waals surface area contributed by atoms with Crippen molar-refractivity contribution in [2.45, 2.75) is 123 Å². The topological polar surface area (TPSA) is 42.3 Å². The van der Waals surface area contributed by atoms with E-state index in [1.165, 1.54) is 87.9 Å². The van der Waals surface area contributed by atoms with Crippen molar-refractivity contribution in [2.24, 2.45) is 0 Å². The van der Waals surface area contributed by atoms with Gasteiger partial charge in [0.15, 0.2) is 0 Å². The lowest BCUT2D eigenvalue weighted by Crippen LogP contribution is -2.63. The maximum Gasteiger partial charge on any atom is 0.137 e. The first-order chi connectivity index (χ1) is 40.3. The number of benzene rings is 9. The van der Waals surface area contributed by atoms with Crippen molar-refractivity contribution < 1.29 is 4.74 Å². The Balaban J connectivity index is 0.953. The van der Waals surface area contributed by atoms with Crippen LogP contribution >= 0.6 is 0 Å². The van der Waals surface area contributed by atoms with Gasteiger partial charge >= 0.3 is 0 Å². The number of ether oxygens (including phenoxy) is 1. The average Bonchev–Trinajstić information content (AvgIpc) is 1.54. The van der Waals surface area contributed by atoms with Gasteiger partial charge in [0.25, 0.3) is 0 Å². The molecule has 0 bridgehead atoms. The molecule has 85 heavy (non-hydrogen) atoms. The van der Waals surface area contributed by atoms with E-state index >= 15 is 0 Å². The SMILES string of the molecule is CN(c1ccccc1Nc1cccc(Oc2cc3c4c5c(cccc5n(-c5cc(C(C)(C)C)ccn5)c4c2)C32c3ccccc3[Si](C)(C)c3ccccc32)c1)c1c(-c2ccccc2)cc(C(C)(C)C)cc1-c1cc(C(C)(C)C)cc(C(C)(C)C)c1. The van der Waals surface area contributed by atoms with Crippen molar-refractivity contribution in [3.63, 3.8) is 0 Å². The number of hydrogen-bond acceptors (Lipinski definition) is 4. The van der Waals surface area contributed by atoms with E-state index in [9.17, 15) is 0 Å². The maximum absolute atomic E-state index is 7.32. The molecule has 1 N–H and O–H groups in total. The van der Waals surface area contributed by atoms with E-state index in [4.69, 9.17) is 9.72 Å². The molecule has 426 valence electrons. The Morgan fingerprint density at radius 2 is 1.01 bits per heavy atom. The molecule has 0 amide bonds. The molecule has 0 saturated heterocycles. The molecule has 1 aliphatic heterocycles. The van der Waals surface area contributed by atoms with Crippen molar-refractivity contribution >= 4 is 63.0 Å². The molecule has 1 aliphatic carbocycles. The van der Waals surface area contributed by atoms with Crippen molar-refractivity contribution in [3.05, 3.63) is 251 Å². The molecule has 11 aromatic rings. The van der Waals surface area contributed by atoms with Gasteiger partial charge in [0.2, 0.25) is 0 Å². The fourth-order valence-corrected chi connectivity index (χ4v) is 17.1. The monoisotopic (exact) mass is 1130 g/mol. The van der Waals surface area contributed by atoms with E-state index in [2.05, 4.69) is 318 Å². The lowest BCUT2D eigenvalue weighted by Gasteiger charge is -2.46. The van der Waals surface area contributed by atoms with Gasteiger partial charge in [-0.15, -0.1) is 0 Å². The summed E-state index contributed by atoms with van der Waals surface area (Å²) in [4.78, 5) is 7.54.